The van der Waals surface area contributed by atoms with Gasteiger partial charge < -0.3 is 14.6 Å². The van der Waals surface area contributed by atoms with Crippen molar-refractivity contribution in [1.29, 1.82) is 0 Å². The number of H-pyrrole nitrogens is 1. The molecular weight excluding hydrogens is 384 g/mol. The van der Waals surface area contributed by atoms with E-state index in [0.29, 0.717) is 6.04 Å². The van der Waals surface area contributed by atoms with Gasteiger partial charge in [-0.2, -0.15) is 0 Å². The molecule has 2 aromatic carbocycles. The summed E-state index contributed by atoms with van der Waals surface area (Å²) in [6.45, 7) is 10.2. The van der Waals surface area contributed by atoms with Crippen LogP contribution in [0.25, 0.3) is 10.9 Å². The van der Waals surface area contributed by atoms with Crippen molar-refractivity contribution in [3.8, 4) is 5.75 Å². The van der Waals surface area contributed by atoms with Gasteiger partial charge in [0.05, 0.1) is 7.11 Å². The van der Waals surface area contributed by atoms with Crippen LogP contribution >= 0.6 is 0 Å². The molecule has 0 spiro atoms. The summed E-state index contributed by atoms with van der Waals surface area (Å²) in [5.41, 5.74) is 5.36. The number of para-hydroxylation sites is 1. The van der Waals surface area contributed by atoms with Crippen molar-refractivity contribution in [1.82, 2.24) is 14.8 Å². The summed E-state index contributed by atoms with van der Waals surface area (Å²) in [7, 11) is 1.72. The molecule has 0 amide bonds. The lowest BCUT2D eigenvalue weighted by Gasteiger charge is -2.44. The molecule has 31 heavy (non-hydrogen) atoms. The van der Waals surface area contributed by atoms with E-state index in [4.69, 9.17) is 4.74 Å². The molecule has 2 saturated heterocycles. The number of methoxy groups -OCH3 is 1. The number of nitrogens with zero attached hydrogens (tertiary/aromatic N) is 3. The van der Waals surface area contributed by atoms with Crippen LogP contribution in [0.3, 0.4) is 0 Å². The first-order chi connectivity index (χ1) is 15.2. The highest BCUT2D eigenvalue weighted by molar-refractivity contribution is 5.84. The van der Waals surface area contributed by atoms with Gasteiger partial charge in [-0.3, -0.25) is 9.80 Å². The van der Waals surface area contributed by atoms with Gasteiger partial charge in [0.1, 0.15) is 5.75 Å². The van der Waals surface area contributed by atoms with Gasteiger partial charge in [-0.25, -0.2) is 0 Å². The second-order valence-electron chi connectivity index (χ2n) is 9.03. The lowest BCUT2D eigenvalue weighted by Crippen LogP contribution is -2.55. The Morgan fingerprint density at radius 3 is 2.48 bits per heavy atom. The molecule has 1 atom stereocenters. The highest BCUT2D eigenvalue weighted by Crippen LogP contribution is 2.26. The summed E-state index contributed by atoms with van der Waals surface area (Å²) in [5.74, 6) is 0.926. The number of rotatable bonds is 5. The quantitative estimate of drug-likeness (QED) is 0.671. The minimum atomic E-state index is 0.677. The molecule has 164 valence electrons. The van der Waals surface area contributed by atoms with Gasteiger partial charge in [-0.05, 0) is 62.2 Å². The topological polar surface area (TPSA) is 34.7 Å². The maximum Gasteiger partial charge on any atom is 0.119 e. The number of fused-ring (bicyclic) bond motifs is 1. The fourth-order valence-corrected chi connectivity index (χ4v) is 5.33. The molecule has 3 heterocycles. The fourth-order valence-electron chi connectivity index (χ4n) is 5.33. The largest absolute Gasteiger partial charge is 0.497 e. The van der Waals surface area contributed by atoms with Crippen LogP contribution in [-0.4, -0.2) is 67.2 Å². The highest BCUT2D eigenvalue weighted by atomic mass is 16.5. The van der Waals surface area contributed by atoms with Crippen LogP contribution in [0, 0.1) is 6.92 Å². The van der Waals surface area contributed by atoms with E-state index in [1.54, 1.807) is 7.11 Å². The van der Waals surface area contributed by atoms with E-state index in [2.05, 4.69) is 75.1 Å². The highest BCUT2D eigenvalue weighted by Gasteiger charge is 2.28. The Bertz CT molecular complexity index is 1000. The predicted molar refractivity (Wildman–Crippen MR) is 128 cm³/mol. The van der Waals surface area contributed by atoms with Crippen LogP contribution in [0.5, 0.6) is 5.75 Å². The summed E-state index contributed by atoms with van der Waals surface area (Å²) in [5, 5.41) is 1.36. The van der Waals surface area contributed by atoms with E-state index in [1.807, 2.05) is 0 Å². The number of likely N-dealkylation sites (tertiary alicyclic amines) is 1. The molecule has 2 fully saturated rings. The van der Waals surface area contributed by atoms with Gasteiger partial charge in [0, 0.05) is 67.6 Å². The third kappa shape index (κ3) is 4.30. The lowest BCUT2D eigenvalue weighted by molar-refractivity contribution is 0.0881. The summed E-state index contributed by atoms with van der Waals surface area (Å²) in [6.07, 6.45) is 2.62. The Labute approximate surface area is 185 Å². The number of hydrogen-bond donors (Lipinski definition) is 1. The number of aryl methyl sites for hydroxylation is 1. The minimum Gasteiger partial charge on any atom is -0.497 e. The molecule has 2 aliphatic heterocycles. The normalized spacial score (nSPS) is 21.0. The first-order valence-electron chi connectivity index (χ1n) is 11.6. The summed E-state index contributed by atoms with van der Waals surface area (Å²) in [4.78, 5) is 11.6. The molecule has 3 aromatic rings. The number of piperidine rings is 1. The smallest absolute Gasteiger partial charge is 0.119 e. The van der Waals surface area contributed by atoms with Crippen LogP contribution in [0.4, 0.5) is 5.69 Å². The maximum atomic E-state index is 5.30. The molecule has 5 nitrogen and oxygen atoms in total. The molecule has 1 N–H and O–H groups in total. The zero-order chi connectivity index (χ0) is 21.2. The van der Waals surface area contributed by atoms with Gasteiger partial charge in [0.2, 0.25) is 0 Å². The molecule has 2 aliphatic rings. The first-order valence-corrected chi connectivity index (χ1v) is 11.6. The van der Waals surface area contributed by atoms with Gasteiger partial charge in [-0.15, -0.1) is 0 Å². The number of anilines is 1. The van der Waals surface area contributed by atoms with Crippen molar-refractivity contribution < 1.29 is 4.74 Å². The van der Waals surface area contributed by atoms with Crippen molar-refractivity contribution >= 4 is 16.6 Å². The molecule has 5 heteroatoms. The van der Waals surface area contributed by atoms with Gasteiger partial charge >= 0.3 is 0 Å². The standard InChI is InChI=1S/C26H34N4O/c1-20-24-7-3-4-8-25(24)27-26(20)19-28-13-5-6-22(18-28)30-16-14-29(15-17-30)21-9-11-23(31-2)12-10-21/h3-4,7-12,22,27H,5-6,13-19H2,1-2H3. The number of aromatic amines is 1. The molecule has 0 bridgehead atoms. The number of aromatic nitrogens is 1. The van der Waals surface area contributed by atoms with Crippen molar-refractivity contribution in [2.45, 2.75) is 32.4 Å². The summed E-state index contributed by atoms with van der Waals surface area (Å²) < 4.78 is 5.30. The zero-order valence-electron chi connectivity index (χ0n) is 18.8. The Balaban J connectivity index is 1.18. The molecule has 0 aliphatic carbocycles. The number of ether oxygens (including phenoxy) is 1. The zero-order valence-corrected chi connectivity index (χ0v) is 18.8. The second kappa shape index (κ2) is 8.93. The maximum absolute atomic E-state index is 5.30. The number of hydrogen-bond acceptors (Lipinski definition) is 4. The van der Waals surface area contributed by atoms with Gasteiger partial charge in [0.15, 0.2) is 0 Å². The SMILES string of the molecule is COc1ccc(N2CCN(C3CCCN(Cc4[nH]c5ccccc5c4C)C3)CC2)cc1. The number of benzene rings is 2. The summed E-state index contributed by atoms with van der Waals surface area (Å²) in [6, 6.07) is 17.8. The van der Waals surface area contributed by atoms with E-state index in [9.17, 15) is 0 Å². The van der Waals surface area contributed by atoms with Crippen molar-refractivity contribution in [3.63, 3.8) is 0 Å². The van der Waals surface area contributed by atoms with E-state index in [1.165, 1.54) is 53.8 Å². The third-order valence-electron chi connectivity index (χ3n) is 7.20. The average molecular weight is 419 g/mol. The Morgan fingerprint density at radius 1 is 0.968 bits per heavy atom. The van der Waals surface area contributed by atoms with E-state index in [-0.39, 0.29) is 0 Å². The van der Waals surface area contributed by atoms with Crippen LogP contribution in [0.1, 0.15) is 24.1 Å². The van der Waals surface area contributed by atoms with Crippen LogP contribution in [0.2, 0.25) is 0 Å². The molecule has 0 radical (unpaired) electrons. The van der Waals surface area contributed by atoms with E-state index >= 15 is 0 Å². The van der Waals surface area contributed by atoms with E-state index < -0.39 is 0 Å². The predicted octanol–water partition coefficient (Wildman–Crippen LogP) is 4.27. The minimum absolute atomic E-state index is 0.677. The Hall–Kier alpha value is -2.50. The molecular formula is C26H34N4O. The van der Waals surface area contributed by atoms with E-state index in [0.717, 1.165) is 38.5 Å². The number of piperazine rings is 1. The molecule has 1 unspecified atom stereocenters. The Morgan fingerprint density at radius 2 is 1.74 bits per heavy atom. The fraction of sp³-hybridized carbons (Fsp3) is 0.462. The van der Waals surface area contributed by atoms with Gasteiger partial charge in [0.25, 0.3) is 0 Å². The molecule has 5 rings (SSSR count). The van der Waals surface area contributed by atoms with Crippen molar-refractivity contribution in [2.24, 2.45) is 0 Å². The lowest BCUT2D eigenvalue weighted by atomic mass is 10.0. The molecule has 0 saturated carbocycles. The molecule has 1 aromatic heterocycles. The second-order valence-corrected chi connectivity index (χ2v) is 9.03. The van der Waals surface area contributed by atoms with Crippen molar-refractivity contribution in [3.05, 3.63) is 59.8 Å². The third-order valence-corrected chi connectivity index (χ3v) is 7.20. The Kier molecular flexibility index (Phi) is 5.88. The average Bonchev–Trinajstić information content (AvgIpc) is 3.15. The monoisotopic (exact) mass is 418 g/mol. The van der Waals surface area contributed by atoms with Crippen molar-refractivity contribution in [2.75, 3.05) is 51.3 Å². The van der Waals surface area contributed by atoms with Crippen LogP contribution in [-0.2, 0) is 6.54 Å². The number of nitrogens with one attached hydrogen (secondary N) is 1. The first kappa shape index (κ1) is 20.4. The summed E-state index contributed by atoms with van der Waals surface area (Å²) >= 11 is 0. The van der Waals surface area contributed by atoms with Crippen LogP contribution in [0.15, 0.2) is 48.5 Å². The van der Waals surface area contributed by atoms with Gasteiger partial charge in [-0.1, -0.05) is 18.2 Å². The van der Waals surface area contributed by atoms with Crippen LogP contribution < -0.4 is 9.64 Å².